The number of amides is 1. The Morgan fingerprint density at radius 2 is 1.74 bits per heavy atom. The van der Waals surface area contributed by atoms with Gasteiger partial charge in [-0.15, -0.1) is 0 Å². The maximum Gasteiger partial charge on any atom is 0.268 e. The Labute approximate surface area is 249 Å². The quantitative estimate of drug-likeness (QED) is 0.243. The van der Waals surface area contributed by atoms with Crippen LogP contribution in [0.25, 0.3) is 22.2 Å². The summed E-state index contributed by atoms with van der Waals surface area (Å²) in [5, 5.41) is 4.39. The summed E-state index contributed by atoms with van der Waals surface area (Å²) in [6, 6.07) is 20.9. The number of carbonyl (C=O) groups is 1. The summed E-state index contributed by atoms with van der Waals surface area (Å²) in [5.74, 6) is 0.383. The molecule has 1 aliphatic rings. The molecule has 0 aliphatic carbocycles. The first-order chi connectivity index (χ1) is 20.2. The number of aromatic nitrogens is 3. The Hall–Kier alpha value is -4.41. The second-order valence-electron chi connectivity index (χ2n) is 10.3. The van der Waals surface area contributed by atoms with Gasteiger partial charge in [0.15, 0.2) is 0 Å². The average Bonchev–Trinajstić information content (AvgIpc) is 3.39. The molecule has 1 saturated heterocycles. The number of likely N-dealkylation sites (tertiary alicyclic amines) is 1. The number of anilines is 2. The van der Waals surface area contributed by atoms with Gasteiger partial charge in [-0.1, -0.05) is 48.0 Å². The molecule has 3 aromatic carbocycles. The molecule has 1 fully saturated rings. The molecule has 2 aromatic heterocycles. The van der Waals surface area contributed by atoms with Crippen LogP contribution < -0.4 is 11.1 Å². The highest BCUT2D eigenvalue weighted by Crippen LogP contribution is 2.36. The molecule has 3 N–H and O–H groups in total. The van der Waals surface area contributed by atoms with Crippen molar-refractivity contribution in [3.8, 4) is 11.3 Å². The highest BCUT2D eigenvalue weighted by molar-refractivity contribution is 7.90. The van der Waals surface area contributed by atoms with Crippen LogP contribution >= 0.6 is 11.6 Å². The predicted molar refractivity (Wildman–Crippen MR) is 165 cm³/mol. The fraction of sp³-hybridized carbons (Fsp3) is 0.194. The van der Waals surface area contributed by atoms with Gasteiger partial charge >= 0.3 is 0 Å². The molecule has 0 spiro atoms. The Kier molecular flexibility index (Phi) is 7.34. The van der Waals surface area contributed by atoms with Crippen LogP contribution in [0.2, 0.25) is 5.02 Å². The van der Waals surface area contributed by atoms with Crippen LogP contribution in [0.3, 0.4) is 0 Å². The molecule has 0 atom stereocenters. The zero-order chi connectivity index (χ0) is 29.4. The van der Waals surface area contributed by atoms with Gasteiger partial charge in [0.05, 0.1) is 27.3 Å². The number of nitrogens with zero attached hydrogens (tertiary/aromatic N) is 4. The van der Waals surface area contributed by atoms with Crippen molar-refractivity contribution < 1.29 is 13.2 Å². The molecule has 0 unspecified atom stereocenters. The Morgan fingerprint density at radius 3 is 2.48 bits per heavy atom. The third-order valence-corrected chi connectivity index (χ3v) is 9.54. The Morgan fingerprint density at radius 1 is 1.02 bits per heavy atom. The van der Waals surface area contributed by atoms with E-state index in [1.165, 1.54) is 10.2 Å². The maximum absolute atomic E-state index is 13.6. The number of para-hydroxylation sites is 1. The van der Waals surface area contributed by atoms with E-state index in [4.69, 9.17) is 22.3 Å². The number of rotatable bonds is 6. The van der Waals surface area contributed by atoms with Gasteiger partial charge in [-0.05, 0) is 61.7 Å². The molecule has 0 bridgehead atoms. The predicted octanol–water partition coefficient (Wildman–Crippen LogP) is 5.60. The van der Waals surface area contributed by atoms with E-state index in [0.29, 0.717) is 57.5 Å². The topological polar surface area (TPSA) is 123 Å². The number of hydrogen-bond donors (Lipinski definition) is 2. The molecule has 1 aliphatic heterocycles. The Balaban J connectivity index is 1.24. The number of piperidine rings is 1. The minimum Gasteiger partial charge on any atom is -0.399 e. The zero-order valence-corrected chi connectivity index (χ0v) is 24.4. The second kappa shape index (κ2) is 11.1. The van der Waals surface area contributed by atoms with Crippen LogP contribution in [0.4, 0.5) is 11.6 Å². The van der Waals surface area contributed by atoms with Gasteiger partial charge in [0.2, 0.25) is 5.95 Å². The lowest BCUT2D eigenvalue weighted by Crippen LogP contribution is -2.42. The summed E-state index contributed by atoms with van der Waals surface area (Å²) in [6.07, 6.45) is 4.52. The molecule has 11 heteroatoms. The highest BCUT2D eigenvalue weighted by Gasteiger charge is 2.26. The summed E-state index contributed by atoms with van der Waals surface area (Å²) in [7, 11) is -3.86. The minimum atomic E-state index is -3.86. The number of benzene rings is 3. The molecule has 1 amide bonds. The molecular weight excluding hydrogens is 572 g/mol. The standard InChI is InChI=1S/C31H29ClN6O3S/c1-20-17-21(33)11-12-24(20)30(39)37-15-13-22(14-16-37)35-31-34-18-27(32)29(36-31)26-19-38(28-10-6-5-9-25(26)28)42(40,41)23-7-3-2-4-8-23/h2-12,17-19,22H,13-16,33H2,1H3,(H,34,35,36). The van der Waals surface area contributed by atoms with Gasteiger partial charge in [-0.2, -0.15) is 0 Å². The van der Waals surface area contributed by atoms with E-state index in [2.05, 4.69) is 10.3 Å². The van der Waals surface area contributed by atoms with Gasteiger partial charge in [0.1, 0.15) is 0 Å². The number of fused-ring (bicyclic) bond motifs is 1. The van der Waals surface area contributed by atoms with Gasteiger partial charge in [-0.3, -0.25) is 4.79 Å². The lowest BCUT2D eigenvalue weighted by atomic mass is 10.0. The zero-order valence-electron chi connectivity index (χ0n) is 22.9. The van der Waals surface area contributed by atoms with Crippen LogP contribution in [-0.4, -0.2) is 52.3 Å². The number of aryl methyl sites for hydroxylation is 1. The van der Waals surface area contributed by atoms with E-state index in [1.54, 1.807) is 60.8 Å². The number of carbonyl (C=O) groups excluding carboxylic acids is 1. The molecule has 9 nitrogen and oxygen atoms in total. The van der Waals surface area contributed by atoms with Crippen molar-refractivity contribution in [3.63, 3.8) is 0 Å². The van der Waals surface area contributed by atoms with Crippen molar-refractivity contribution in [2.24, 2.45) is 0 Å². The monoisotopic (exact) mass is 600 g/mol. The minimum absolute atomic E-state index is 0.00201. The molecular formula is C31H29ClN6O3S. The van der Waals surface area contributed by atoms with Crippen molar-refractivity contribution in [3.05, 3.63) is 101 Å². The summed E-state index contributed by atoms with van der Waals surface area (Å²) in [5.41, 5.74) is 9.54. The first-order valence-corrected chi connectivity index (χ1v) is 15.4. The lowest BCUT2D eigenvalue weighted by molar-refractivity contribution is 0.0717. The van der Waals surface area contributed by atoms with Crippen molar-refractivity contribution in [1.29, 1.82) is 0 Å². The number of hydrogen-bond acceptors (Lipinski definition) is 7. The molecule has 214 valence electrons. The maximum atomic E-state index is 13.6. The fourth-order valence-corrected chi connectivity index (χ4v) is 6.96. The first-order valence-electron chi connectivity index (χ1n) is 13.6. The molecule has 6 rings (SSSR count). The fourth-order valence-electron chi connectivity index (χ4n) is 5.38. The number of nitrogen functional groups attached to an aromatic ring is 1. The van der Waals surface area contributed by atoms with Crippen LogP contribution in [0.15, 0.2) is 90.1 Å². The molecule has 0 saturated carbocycles. The van der Waals surface area contributed by atoms with E-state index in [0.717, 1.165) is 18.4 Å². The molecule has 3 heterocycles. The van der Waals surface area contributed by atoms with Gasteiger partial charge in [0, 0.05) is 47.5 Å². The molecule has 42 heavy (non-hydrogen) atoms. The third kappa shape index (κ3) is 5.19. The summed E-state index contributed by atoms with van der Waals surface area (Å²) in [4.78, 5) is 24.2. The van der Waals surface area contributed by atoms with Crippen molar-refractivity contribution in [2.45, 2.75) is 30.7 Å². The first kappa shape index (κ1) is 27.7. The van der Waals surface area contributed by atoms with E-state index in [1.807, 2.05) is 30.0 Å². The van der Waals surface area contributed by atoms with Crippen molar-refractivity contribution in [1.82, 2.24) is 18.8 Å². The lowest BCUT2D eigenvalue weighted by Gasteiger charge is -2.32. The van der Waals surface area contributed by atoms with Crippen LogP contribution in [0, 0.1) is 6.92 Å². The second-order valence-corrected chi connectivity index (χ2v) is 12.6. The van der Waals surface area contributed by atoms with Crippen molar-refractivity contribution in [2.75, 3.05) is 24.1 Å². The van der Waals surface area contributed by atoms with Gasteiger partial charge in [-0.25, -0.2) is 22.4 Å². The average molecular weight is 601 g/mol. The smallest absolute Gasteiger partial charge is 0.268 e. The van der Waals surface area contributed by atoms with E-state index < -0.39 is 10.0 Å². The SMILES string of the molecule is Cc1cc(N)ccc1C(=O)N1CCC(Nc2ncc(Cl)c(-c3cn(S(=O)(=O)c4ccccc4)c4ccccc34)n2)CC1. The number of nitrogens with two attached hydrogens (primary N) is 1. The molecule has 5 aromatic rings. The number of nitrogens with one attached hydrogen (secondary N) is 1. The van der Waals surface area contributed by atoms with E-state index in [9.17, 15) is 13.2 Å². The Bertz CT molecular complexity index is 1900. The van der Waals surface area contributed by atoms with Gasteiger partial charge < -0.3 is 16.0 Å². The largest absolute Gasteiger partial charge is 0.399 e. The van der Waals surface area contributed by atoms with Crippen LogP contribution in [-0.2, 0) is 10.0 Å². The molecule has 0 radical (unpaired) electrons. The van der Waals surface area contributed by atoms with Crippen molar-refractivity contribution >= 4 is 50.1 Å². The third-order valence-electron chi connectivity index (χ3n) is 7.57. The summed E-state index contributed by atoms with van der Waals surface area (Å²) < 4.78 is 28.4. The summed E-state index contributed by atoms with van der Waals surface area (Å²) in [6.45, 7) is 3.07. The van der Waals surface area contributed by atoms with E-state index >= 15 is 0 Å². The summed E-state index contributed by atoms with van der Waals surface area (Å²) >= 11 is 6.59. The van der Waals surface area contributed by atoms with Crippen LogP contribution in [0.1, 0.15) is 28.8 Å². The van der Waals surface area contributed by atoms with Gasteiger partial charge in [0.25, 0.3) is 15.9 Å². The normalized spacial score (nSPS) is 14.3. The van der Waals surface area contributed by atoms with Crippen LogP contribution in [0.5, 0.6) is 0 Å². The highest BCUT2D eigenvalue weighted by atomic mass is 35.5. The number of halogens is 1. The van der Waals surface area contributed by atoms with E-state index in [-0.39, 0.29) is 16.8 Å².